The van der Waals surface area contributed by atoms with Crippen molar-refractivity contribution in [2.75, 3.05) is 24.6 Å². The third kappa shape index (κ3) is 5.32. The fourth-order valence-electron chi connectivity index (χ4n) is 3.33. The molecule has 172 valence electrons. The molecule has 0 aliphatic rings. The number of aliphatic carboxylic acids is 1. The van der Waals surface area contributed by atoms with Crippen LogP contribution >= 0.6 is 0 Å². The van der Waals surface area contributed by atoms with Crippen molar-refractivity contribution in [2.45, 2.75) is 11.8 Å². The van der Waals surface area contributed by atoms with Gasteiger partial charge in [-0.3, -0.25) is 9.10 Å². The summed E-state index contributed by atoms with van der Waals surface area (Å²) in [5.41, 5.74) is 0.858. The van der Waals surface area contributed by atoms with Crippen molar-refractivity contribution in [3.8, 4) is 5.75 Å². The van der Waals surface area contributed by atoms with Gasteiger partial charge in [-0.2, -0.15) is 0 Å². The van der Waals surface area contributed by atoms with Gasteiger partial charge in [-0.25, -0.2) is 13.2 Å². The van der Waals surface area contributed by atoms with E-state index < -0.39 is 28.5 Å². The minimum Gasteiger partial charge on any atom is -0.497 e. The molecular formula is C24H23NO7S. The molecule has 0 saturated heterocycles. The molecule has 0 bridgehead atoms. The van der Waals surface area contributed by atoms with E-state index in [4.69, 9.17) is 14.6 Å². The third-order valence-corrected chi connectivity index (χ3v) is 6.61. The van der Waals surface area contributed by atoms with Crippen molar-refractivity contribution >= 4 is 44.5 Å². The molecule has 0 amide bonds. The molecule has 0 radical (unpaired) electrons. The van der Waals surface area contributed by atoms with Crippen molar-refractivity contribution in [1.82, 2.24) is 0 Å². The Bertz CT molecular complexity index is 1300. The number of carbonyl (C=O) groups excluding carboxylic acids is 1. The number of esters is 1. The van der Waals surface area contributed by atoms with Crippen LogP contribution in [0, 0.1) is 0 Å². The zero-order valence-electron chi connectivity index (χ0n) is 18.1. The standard InChI is InChI=1S/C24H23NO7S/c1-3-32-24(28)16-25(33(29,30)19-12-10-18(31-2)11-13-19)22-14-8-17(9-15-23(26)27)20-6-4-5-7-21(20)22/h4-15H,3,16H2,1-2H3,(H,26,27)/b15-9+. The molecule has 0 aromatic heterocycles. The molecule has 3 aromatic carbocycles. The van der Waals surface area contributed by atoms with Crippen molar-refractivity contribution in [2.24, 2.45) is 0 Å². The van der Waals surface area contributed by atoms with E-state index in [0.717, 1.165) is 10.4 Å². The molecule has 0 fully saturated rings. The fraction of sp³-hybridized carbons (Fsp3) is 0.167. The second kappa shape index (κ2) is 10.2. The summed E-state index contributed by atoms with van der Waals surface area (Å²) in [6, 6.07) is 16.0. The first kappa shape index (κ1) is 23.8. The second-order valence-corrected chi connectivity index (χ2v) is 8.75. The molecular weight excluding hydrogens is 446 g/mol. The first-order valence-corrected chi connectivity index (χ1v) is 11.5. The minimum atomic E-state index is -4.16. The summed E-state index contributed by atoms with van der Waals surface area (Å²) in [4.78, 5) is 23.3. The van der Waals surface area contributed by atoms with Crippen LogP contribution in [0.2, 0.25) is 0 Å². The highest BCUT2D eigenvalue weighted by molar-refractivity contribution is 7.92. The maximum atomic E-state index is 13.6. The predicted molar refractivity (Wildman–Crippen MR) is 125 cm³/mol. The molecule has 0 unspecified atom stereocenters. The van der Waals surface area contributed by atoms with Gasteiger partial charge in [0, 0.05) is 11.5 Å². The summed E-state index contributed by atoms with van der Waals surface area (Å²) in [6.45, 7) is 1.21. The van der Waals surface area contributed by atoms with Gasteiger partial charge < -0.3 is 14.6 Å². The number of nitrogens with zero attached hydrogens (tertiary/aromatic N) is 1. The van der Waals surface area contributed by atoms with Gasteiger partial charge >= 0.3 is 11.9 Å². The highest BCUT2D eigenvalue weighted by atomic mass is 32.2. The van der Waals surface area contributed by atoms with E-state index in [2.05, 4.69) is 0 Å². The van der Waals surface area contributed by atoms with Crippen molar-refractivity contribution in [3.05, 3.63) is 72.3 Å². The van der Waals surface area contributed by atoms with Gasteiger partial charge in [-0.1, -0.05) is 30.3 Å². The van der Waals surface area contributed by atoms with E-state index in [0.29, 0.717) is 22.1 Å². The summed E-state index contributed by atoms with van der Waals surface area (Å²) < 4.78 is 38.3. The van der Waals surface area contributed by atoms with Crippen LogP contribution in [0.1, 0.15) is 12.5 Å². The molecule has 0 heterocycles. The van der Waals surface area contributed by atoms with E-state index in [1.807, 2.05) is 0 Å². The lowest BCUT2D eigenvalue weighted by atomic mass is 10.0. The van der Waals surface area contributed by atoms with Crippen molar-refractivity contribution < 1.29 is 32.6 Å². The average molecular weight is 470 g/mol. The Labute approximate surface area is 191 Å². The second-order valence-electron chi connectivity index (χ2n) is 6.88. The van der Waals surface area contributed by atoms with Crippen LogP contribution in [0.15, 0.2) is 71.6 Å². The Balaban J connectivity index is 2.19. The summed E-state index contributed by atoms with van der Waals surface area (Å²) >= 11 is 0. The molecule has 0 aliphatic heterocycles. The lowest BCUT2D eigenvalue weighted by Crippen LogP contribution is -2.36. The number of fused-ring (bicyclic) bond motifs is 1. The van der Waals surface area contributed by atoms with Crippen LogP contribution < -0.4 is 9.04 Å². The number of carboxylic acids is 1. The van der Waals surface area contributed by atoms with Crippen LogP contribution in [0.25, 0.3) is 16.8 Å². The number of carboxylic acid groups (broad SMARTS) is 1. The SMILES string of the molecule is CCOC(=O)CN(c1ccc(/C=C/C(=O)O)c2ccccc12)S(=O)(=O)c1ccc(OC)cc1. The van der Waals surface area contributed by atoms with Gasteiger partial charge in [0.15, 0.2) is 0 Å². The molecule has 0 spiro atoms. The number of anilines is 1. The Kier molecular flexibility index (Phi) is 7.34. The number of benzene rings is 3. The minimum absolute atomic E-state index is 0.0217. The molecule has 9 heteroatoms. The maximum Gasteiger partial charge on any atom is 0.328 e. The third-order valence-electron chi connectivity index (χ3n) is 4.83. The van der Waals surface area contributed by atoms with Crippen LogP contribution in [-0.2, 0) is 24.3 Å². The van der Waals surface area contributed by atoms with E-state index in [9.17, 15) is 18.0 Å². The largest absolute Gasteiger partial charge is 0.497 e. The Morgan fingerprint density at radius 2 is 1.67 bits per heavy atom. The smallest absolute Gasteiger partial charge is 0.328 e. The number of ether oxygens (including phenoxy) is 2. The van der Waals surface area contributed by atoms with Gasteiger partial charge in [0.25, 0.3) is 10.0 Å². The van der Waals surface area contributed by atoms with Crippen LogP contribution in [0.3, 0.4) is 0 Å². The Morgan fingerprint density at radius 3 is 2.27 bits per heavy atom. The van der Waals surface area contributed by atoms with Crippen LogP contribution in [0.4, 0.5) is 5.69 Å². The topological polar surface area (TPSA) is 110 Å². The van der Waals surface area contributed by atoms with Gasteiger partial charge in [0.05, 0.1) is 24.3 Å². The summed E-state index contributed by atoms with van der Waals surface area (Å²) in [5, 5.41) is 10.1. The number of carbonyl (C=O) groups is 2. The quantitative estimate of drug-likeness (QED) is 0.376. The molecule has 0 saturated carbocycles. The van der Waals surface area contributed by atoms with E-state index >= 15 is 0 Å². The maximum absolute atomic E-state index is 13.6. The highest BCUT2D eigenvalue weighted by Gasteiger charge is 2.29. The summed E-state index contributed by atoms with van der Waals surface area (Å²) in [5.74, 6) is -1.31. The number of rotatable bonds is 9. The number of hydrogen-bond donors (Lipinski definition) is 1. The molecule has 0 aliphatic carbocycles. The fourth-order valence-corrected chi connectivity index (χ4v) is 4.76. The number of sulfonamides is 1. The molecule has 33 heavy (non-hydrogen) atoms. The molecule has 3 aromatic rings. The molecule has 8 nitrogen and oxygen atoms in total. The van der Waals surface area contributed by atoms with E-state index in [1.165, 1.54) is 37.5 Å². The monoisotopic (exact) mass is 469 g/mol. The first-order valence-electron chi connectivity index (χ1n) is 10.0. The summed E-state index contributed by atoms with van der Waals surface area (Å²) in [7, 11) is -2.68. The van der Waals surface area contributed by atoms with Gasteiger partial charge in [0.1, 0.15) is 12.3 Å². The normalized spacial score (nSPS) is 11.5. The van der Waals surface area contributed by atoms with Gasteiger partial charge in [0.2, 0.25) is 0 Å². The van der Waals surface area contributed by atoms with Crippen molar-refractivity contribution in [3.63, 3.8) is 0 Å². The Morgan fingerprint density at radius 1 is 1.00 bits per heavy atom. The van der Waals surface area contributed by atoms with E-state index in [1.54, 1.807) is 43.3 Å². The zero-order valence-corrected chi connectivity index (χ0v) is 18.9. The van der Waals surface area contributed by atoms with Crippen LogP contribution in [0.5, 0.6) is 5.75 Å². The van der Waals surface area contributed by atoms with E-state index in [-0.39, 0.29) is 17.2 Å². The van der Waals surface area contributed by atoms with Gasteiger partial charge in [-0.05, 0) is 54.3 Å². The lowest BCUT2D eigenvalue weighted by Gasteiger charge is -2.25. The highest BCUT2D eigenvalue weighted by Crippen LogP contribution is 2.34. The number of methoxy groups -OCH3 is 1. The first-order chi connectivity index (χ1) is 15.8. The Hall–Kier alpha value is -3.85. The lowest BCUT2D eigenvalue weighted by molar-refractivity contribution is -0.141. The molecule has 1 N–H and O–H groups in total. The number of hydrogen-bond acceptors (Lipinski definition) is 6. The molecule has 0 atom stereocenters. The molecule has 3 rings (SSSR count). The average Bonchev–Trinajstić information content (AvgIpc) is 2.81. The van der Waals surface area contributed by atoms with Crippen molar-refractivity contribution in [1.29, 1.82) is 0 Å². The zero-order chi connectivity index (χ0) is 24.0. The predicted octanol–water partition coefficient (Wildman–Crippen LogP) is 3.70. The van der Waals surface area contributed by atoms with Crippen LogP contribution in [-0.4, -0.2) is 45.7 Å². The van der Waals surface area contributed by atoms with Gasteiger partial charge in [-0.15, -0.1) is 0 Å². The summed E-state index contributed by atoms with van der Waals surface area (Å²) in [6.07, 6.45) is 2.44.